The molecule has 1 aromatic carbocycles. The first-order chi connectivity index (χ1) is 13.6. The van der Waals surface area contributed by atoms with Crippen molar-refractivity contribution in [3.05, 3.63) is 39.6 Å². The molecule has 0 unspecified atom stereocenters. The third-order valence-electron chi connectivity index (χ3n) is 6.48. The molecule has 150 valence electrons. The highest BCUT2D eigenvalue weighted by molar-refractivity contribution is 6.39. The number of hydrogen-bond donors (Lipinski definition) is 0. The van der Waals surface area contributed by atoms with Gasteiger partial charge in [-0.25, -0.2) is 0 Å². The van der Waals surface area contributed by atoms with Crippen LogP contribution in [0.2, 0.25) is 10.0 Å². The predicted octanol–water partition coefficient (Wildman–Crippen LogP) is 5.41. The first-order valence-electron chi connectivity index (χ1n) is 9.87. The molecule has 2 heterocycles. The Morgan fingerprint density at radius 2 is 1.75 bits per heavy atom. The summed E-state index contributed by atoms with van der Waals surface area (Å²) in [5.41, 5.74) is 2.25. The van der Waals surface area contributed by atoms with E-state index in [4.69, 9.17) is 41.9 Å². The number of aromatic nitrogens is 1. The fraction of sp³-hybridized carbons (Fsp3) is 0.571. The van der Waals surface area contributed by atoms with Gasteiger partial charge in [0.15, 0.2) is 5.79 Å². The minimum absolute atomic E-state index is 0.180. The van der Waals surface area contributed by atoms with Gasteiger partial charge < -0.3 is 18.7 Å². The van der Waals surface area contributed by atoms with Crippen molar-refractivity contribution < 1.29 is 18.7 Å². The summed E-state index contributed by atoms with van der Waals surface area (Å²) >= 11 is 12.8. The van der Waals surface area contributed by atoms with Crippen LogP contribution in [0.3, 0.4) is 0 Å². The van der Waals surface area contributed by atoms with Gasteiger partial charge in [-0.2, -0.15) is 0 Å². The number of nitrogens with zero attached hydrogens (tertiary/aromatic N) is 1. The summed E-state index contributed by atoms with van der Waals surface area (Å²) in [4.78, 5) is 0. The predicted molar refractivity (Wildman–Crippen MR) is 105 cm³/mol. The second kappa shape index (κ2) is 7.29. The third-order valence-corrected chi connectivity index (χ3v) is 7.11. The molecule has 2 saturated carbocycles. The van der Waals surface area contributed by atoms with Crippen molar-refractivity contribution in [2.75, 3.05) is 13.2 Å². The van der Waals surface area contributed by atoms with E-state index in [1.54, 1.807) is 12.1 Å². The Bertz CT molecular complexity index is 841. The monoisotopic (exact) mass is 423 g/mol. The summed E-state index contributed by atoms with van der Waals surface area (Å²) in [7, 11) is 0. The molecule has 28 heavy (non-hydrogen) atoms. The minimum atomic E-state index is -0.344. The van der Waals surface area contributed by atoms with Crippen molar-refractivity contribution >= 4 is 23.2 Å². The van der Waals surface area contributed by atoms with Gasteiger partial charge in [-0.1, -0.05) is 34.4 Å². The summed E-state index contributed by atoms with van der Waals surface area (Å²) in [5.74, 6) is 1.21. The normalized spacial score (nSPS) is 28.3. The van der Waals surface area contributed by atoms with E-state index in [1.807, 2.05) is 13.0 Å². The van der Waals surface area contributed by atoms with E-state index in [-0.39, 0.29) is 11.9 Å². The van der Waals surface area contributed by atoms with Crippen LogP contribution in [-0.2, 0) is 20.8 Å². The molecular formula is C21H23Cl2NO4. The van der Waals surface area contributed by atoms with Crippen molar-refractivity contribution in [3.63, 3.8) is 0 Å². The molecule has 3 aliphatic rings. The Hall–Kier alpha value is -1.11. The standard InChI is InChI=1S/C21H23Cl2NO4/c1-12-16(20(24-28-12)19-17(22)3-2-4-18(19)23)11-25-15-9-13-5-6-14(10-15)21(13)26-7-8-27-21/h2-4,13-15H,5-11H2,1H3/t13-,14+,15-. The maximum atomic E-state index is 6.38. The second-order valence-corrected chi connectivity index (χ2v) is 8.77. The fourth-order valence-electron chi connectivity index (χ4n) is 5.17. The van der Waals surface area contributed by atoms with Crippen LogP contribution in [0.5, 0.6) is 0 Å². The lowest BCUT2D eigenvalue weighted by atomic mass is 9.81. The molecule has 5 nitrogen and oxygen atoms in total. The minimum Gasteiger partial charge on any atom is -0.373 e. The molecule has 7 heteroatoms. The van der Waals surface area contributed by atoms with Crippen LogP contribution < -0.4 is 0 Å². The number of rotatable bonds is 4. The van der Waals surface area contributed by atoms with E-state index < -0.39 is 0 Å². The molecule has 2 bridgehead atoms. The Balaban J connectivity index is 1.33. The van der Waals surface area contributed by atoms with Crippen molar-refractivity contribution in [3.8, 4) is 11.3 Å². The Morgan fingerprint density at radius 1 is 1.11 bits per heavy atom. The van der Waals surface area contributed by atoms with Crippen LogP contribution in [0, 0.1) is 18.8 Å². The number of halogens is 2. The van der Waals surface area contributed by atoms with E-state index in [2.05, 4.69) is 5.16 Å². The van der Waals surface area contributed by atoms with E-state index in [9.17, 15) is 0 Å². The molecule has 3 fully saturated rings. The lowest BCUT2D eigenvalue weighted by Crippen LogP contribution is -2.47. The number of ether oxygens (including phenoxy) is 3. The highest BCUT2D eigenvalue weighted by Crippen LogP contribution is 2.54. The van der Waals surface area contributed by atoms with E-state index >= 15 is 0 Å². The second-order valence-electron chi connectivity index (χ2n) is 7.96. The van der Waals surface area contributed by atoms with Crippen molar-refractivity contribution in [2.24, 2.45) is 11.8 Å². The number of aryl methyl sites for hydroxylation is 1. The lowest BCUT2D eigenvalue weighted by Gasteiger charge is -2.41. The highest BCUT2D eigenvalue weighted by Gasteiger charge is 2.58. The van der Waals surface area contributed by atoms with Crippen molar-refractivity contribution in [1.29, 1.82) is 0 Å². The molecule has 5 rings (SSSR count). The fourth-order valence-corrected chi connectivity index (χ4v) is 5.74. The average Bonchev–Trinajstić information content (AvgIpc) is 3.33. The van der Waals surface area contributed by atoms with Crippen LogP contribution in [0.1, 0.15) is 37.0 Å². The molecule has 2 aliphatic carbocycles. The maximum Gasteiger partial charge on any atom is 0.174 e. The van der Waals surface area contributed by atoms with Gasteiger partial charge >= 0.3 is 0 Å². The molecule has 2 aromatic rings. The topological polar surface area (TPSA) is 53.7 Å². The van der Waals surface area contributed by atoms with Gasteiger partial charge in [0.2, 0.25) is 0 Å². The van der Waals surface area contributed by atoms with Gasteiger partial charge in [-0.15, -0.1) is 0 Å². The van der Waals surface area contributed by atoms with Gasteiger partial charge in [0, 0.05) is 23.0 Å². The Labute approximate surface area is 174 Å². The molecule has 1 saturated heterocycles. The quantitative estimate of drug-likeness (QED) is 0.658. The lowest BCUT2D eigenvalue weighted by molar-refractivity contribution is -0.238. The molecule has 1 aromatic heterocycles. The molecule has 0 radical (unpaired) electrons. The van der Waals surface area contributed by atoms with Gasteiger partial charge in [-0.3, -0.25) is 0 Å². The van der Waals surface area contributed by atoms with Crippen molar-refractivity contribution in [2.45, 2.75) is 51.1 Å². The largest absolute Gasteiger partial charge is 0.373 e. The molecule has 3 atom stereocenters. The zero-order valence-electron chi connectivity index (χ0n) is 15.7. The van der Waals surface area contributed by atoms with E-state index in [0.29, 0.717) is 53.0 Å². The number of hydrogen-bond acceptors (Lipinski definition) is 5. The van der Waals surface area contributed by atoms with Crippen molar-refractivity contribution in [1.82, 2.24) is 5.16 Å². The zero-order chi connectivity index (χ0) is 19.3. The third kappa shape index (κ3) is 2.99. The first kappa shape index (κ1) is 18.9. The molecular weight excluding hydrogens is 401 g/mol. The summed E-state index contributed by atoms with van der Waals surface area (Å²) in [6.07, 6.45) is 4.40. The van der Waals surface area contributed by atoms with Crippen LogP contribution in [-0.4, -0.2) is 30.3 Å². The van der Waals surface area contributed by atoms with Gasteiger partial charge in [0.1, 0.15) is 11.5 Å². The maximum absolute atomic E-state index is 6.38. The Kier molecular flexibility index (Phi) is 4.92. The van der Waals surface area contributed by atoms with E-state index in [1.165, 1.54) is 0 Å². The molecule has 1 spiro atoms. The van der Waals surface area contributed by atoms with Crippen LogP contribution >= 0.6 is 23.2 Å². The molecule has 0 amide bonds. The smallest absolute Gasteiger partial charge is 0.174 e. The summed E-state index contributed by atoms with van der Waals surface area (Å²) < 4.78 is 23.9. The zero-order valence-corrected chi connectivity index (χ0v) is 17.3. The number of benzene rings is 1. The average molecular weight is 424 g/mol. The Morgan fingerprint density at radius 3 is 2.39 bits per heavy atom. The molecule has 1 aliphatic heterocycles. The SMILES string of the molecule is Cc1onc(-c2c(Cl)cccc2Cl)c1CO[C@@H]1C[C@H]2CC[C@@H](C1)C21OCCO1. The molecule has 0 N–H and O–H groups in total. The van der Waals surface area contributed by atoms with Crippen LogP contribution in [0.15, 0.2) is 22.7 Å². The summed E-state index contributed by atoms with van der Waals surface area (Å²) in [6, 6.07) is 5.42. The summed E-state index contributed by atoms with van der Waals surface area (Å²) in [5, 5.41) is 5.31. The van der Waals surface area contributed by atoms with Crippen LogP contribution in [0.4, 0.5) is 0 Å². The van der Waals surface area contributed by atoms with E-state index in [0.717, 1.165) is 37.0 Å². The highest BCUT2D eigenvalue weighted by atomic mass is 35.5. The van der Waals surface area contributed by atoms with Gasteiger partial charge in [0.05, 0.1) is 36.0 Å². The van der Waals surface area contributed by atoms with Gasteiger partial charge in [-0.05, 0) is 44.7 Å². The summed E-state index contributed by atoms with van der Waals surface area (Å²) in [6.45, 7) is 3.73. The van der Waals surface area contributed by atoms with Gasteiger partial charge in [0.25, 0.3) is 0 Å². The van der Waals surface area contributed by atoms with Crippen LogP contribution in [0.25, 0.3) is 11.3 Å². The first-order valence-corrected chi connectivity index (χ1v) is 10.6.